The van der Waals surface area contributed by atoms with Gasteiger partial charge in [0.1, 0.15) is 18.0 Å². The number of imidazole rings is 1. The molecule has 2 aromatic rings. The van der Waals surface area contributed by atoms with E-state index in [9.17, 15) is 4.79 Å². The van der Waals surface area contributed by atoms with Crippen LogP contribution >= 0.6 is 0 Å². The maximum Gasteiger partial charge on any atom is 0.356 e. The number of hydrogen-bond donors (Lipinski definition) is 1. The van der Waals surface area contributed by atoms with E-state index >= 15 is 0 Å². The minimum absolute atomic E-state index is 0.00625. The Morgan fingerprint density at radius 3 is 2.70 bits per heavy atom. The van der Waals surface area contributed by atoms with Gasteiger partial charge in [-0.2, -0.15) is 0 Å². The van der Waals surface area contributed by atoms with Crippen LogP contribution in [0.3, 0.4) is 0 Å². The van der Waals surface area contributed by atoms with Gasteiger partial charge in [-0.1, -0.05) is 27.2 Å². The van der Waals surface area contributed by atoms with E-state index in [0.717, 1.165) is 24.4 Å². The van der Waals surface area contributed by atoms with Crippen LogP contribution < -0.4 is 0 Å². The number of aryl methyl sites for hydroxylation is 1. The van der Waals surface area contributed by atoms with Gasteiger partial charge in [-0.15, -0.1) is 0 Å². The van der Waals surface area contributed by atoms with E-state index in [0.29, 0.717) is 5.82 Å². The molecule has 6 nitrogen and oxygen atoms in total. The Morgan fingerprint density at radius 1 is 1.40 bits per heavy atom. The van der Waals surface area contributed by atoms with Crippen LogP contribution in [0, 0.1) is 0 Å². The van der Waals surface area contributed by atoms with E-state index in [1.807, 2.05) is 19.9 Å². The van der Waals surface area contributed by atoms with Crippen molar-refractivity contribution in [3.8, 4) is 5.82 Å². The van der Waals surface area contributed by atoms with Crippen LogP contribution in [0.4, 0.5) is 0 Å². The normalized spacial score (nSPS) is 11.0. The molecular formula is C14H18N4O2. The molecule has 0 spiro atoms. The SMILES string of the molecule is CCCc1cc(-n2cnc(C(=O)O)c2)nc(C(C)C)n1. The van der Waals surface area contributed by atoms with E-state index < -0.39 is 5.97 Å². The molecule has 0 saturated carbocycles. The van der Waals surface area contributed by atoms with E-state index in [1.165, 1.54) is 12.5 Å². The van der Waals surface area contributed by atoms with Crippen LogP contribution in [0.25, 0.3) is 5.82 Å². The molecule has 0 amide bonds. The van der Waals surface area contributed by atoms with Crippen LogP contribution in [-0.2, 0) is 6.42 Å². The average Bonchev–Trinajstić information content (AvgIpc) is 2.88. The molecular weight excluding hydrogens is 256 g/mol. The summed E-state index contributed by atoms with van der Waals surface area (Å²) in [5.74, 6) is 0.590. The van der Waals surface area contributed by atoms with Gasteiger partial charge in [-0.05, 0) is 6.42 Å². The van der Waals surface area contributed by atoms with Gasteiger partial charge in [-0.3, -0.25) is 4.57 Å². The van der Waals surface area contributed by atoms with Gasteiger partial charge < -0.3 is 5.11 Å². The summed E-state index contributed by atoms with van der Waals surface area (Å²) in [6.45, 7) is 6.16. The fraction of sp³-hybridized carbons (Fsp3) is 0.429. The summed E-state index contributed by atoms with van der Waals surface area (Å²) in [6.07, 6.45) is 4.80. The van der Waals surface area contributed by atoms with Crippen molar-refractivity contribution in [3.63, 3.8) is 0 Å². The van der Waals surface area contributed by atoms with Crippen molar-refractivity contribution < 1.29 is 9.90 Å². The Hall–Kier alpha value is -2.24. The molecule has 0 aliphatic heterocycles. The van der Waals surface area contributed by atoms with E-state index in [4.69, 9.17) is 5.11 Å². The van der Waals surface area contributed by atoms with E-state index in [-0.39, 0.29) is 11.6 Å². The zero-order chi connectivity index (χ0) is 14.7. The lowest BCUT2D eigenvalue weighted by Gasteiger charge is -2.10. The molecule has 0 aliphatic carbocycles. The number of carboxylic acids is 1. The molecule has 1 N–H and O–H groups in total. The van der Waals surface area contributed by atoms with Gasteiger partial charge in [0.2, 0.25) is 0 Å². The first-order valence-corrected chi connectivity index (χ1v) is 6.66. The minimum atomic E-state index is -1.05. The van der Waals surface area contributed by atoms with Gasteiger partial charge in [-0.25, -0.2) is 19.7 Å². The smallest absolute Gasteiger partial charge is 0.356 e. The third-order valence-electron chi connectivity index (χ3n) is 2.87. The van der Waals surface area contributed by atoms with Gasteiger partial charge >= 0.3 is 5.97 Å². The highest BCUT2D eigenvalue weighted by Crippen LogP contribution is 2.15. The van der Waals surface area contributed by atoms with Crippen LogP contribution in [0.2, 0.25) is 0 Å². The lowest BCUT2D eigenvalue weighted by Crippen LogP contribution is -2.06. The zero-order valence-electron chi connectivity index (χ0n) is 11.9. The second-order valence-corrected chi connectivity index (χ2v) is 4.95. The second-order valence-electron chi connectivity index (χ2n) is 4.95. The van der Waals surface area contributed by atoms with Crippen molar-refractivity contribution in [1.82, 2.24) is 19.5 Å². The monoisotopic (exact) mass is 274 g/mol. The molecule has 0 aliphatic rings. The highest BCUT2D eigenvalue weighted by molar-refractivity contribution is 5.85. The Labute approximate surface area is 117 Å². The first kappa shape index (κ1) is 14.2. The summed E-state index contributed by atoms with van der Waals surface area (Å²) >= 11 is 0. The molecule has 106 valence electrons. The molecule has 2 rings (SSSR count). The largest absolute Gasteiger partial charge is 0.476 e. The number of nitrogens with zero attached hydrogens (tertiary/aromatic N) is 4. The molecule has 2 aromatic heterocycles. The lowest BCUT2D eigenvalue weighted by atomic mass is 10.2. The zero-order valence-corrected chi connectivity index (χ0v) is 11.9. The summed E-state index contributed by atoms with van der Waals surface area (Å²) in [5.41, 5.74) is 0.971. The Bertz CT molecular complexity index is 619. The predicted molar refractivity (Wildman–Crippen MR) is 74.2 cm³/mol. The van der Waals surface area contributed by atoms with Gasteiger partial charge in [0.15, 0.2) is 5.69 Å². The first-order valence-electron chi connectivity index (χ1n) is 6.66. The van der Waals surface area contributed by atoms with Gasteiger partial charge in [0.05, 0.1) is 0 Å². The van der Waals surface area contributed by atoms with Crippen LogP contribution in [0.5, 0.6) is 0 Å². The Balaban J connectivity index is 2.45. The van der Waals surface area contributed by atoms with Crippen molar-refractivity contribution in [2.45, 2.75) is 39.5 Å². The first-order chi connectivity index (χ1) is 9.51. The number of aromatic nitrogens is 4. The number of aromatic carboxylic acids is 1. The highest BCUT2D eigenvalue weighted by atomic mass is 16.4. The maximum absolute atomic E-state index is 10.9. The van der Waals surface area contributed by atoms with Crippen LogP contribution in [0.15, 0.2) is 18.6 Å². The molecule has 2 heterocycles. The number of carboxylic acid groups (broad SMARTS) is 1. The molecule has 6 heteroatoms. The quantitative estimate of drug-likeness (QED) is 0.905. The number of carbonyl (C=O) groups is 1. The van der Waals surface area contributed by atoms with Crippen molar-refractivity contribution in [2.24, 2.45) is 0 Å². The molecule has 0 unspecified atom stereocenters. The summed E-state index contributed by atoms with van der Waals surface area (Å²) in [4.78, 5) is 23.7. The topological polar surface area (TPSA) is 80.9 Å². The van der Waals surface area contributed by atoms with Crippen molar-refractivity contribution in [1.29, 1.82) is 0 Å². The summed E-state index contributed by atoms with van der Waals surface area (Å²) in [7, 11) is 0. The van der Waals surface area contributed by atoms with Crippen molar-refractivity contribution in [2.75, 3.05) is 0 Å². The summed E-state index contributed by atoms with van der Waals surface area (Å²) in [5, 5.41) is 8.92. The molecule has 0 radical (unpaired) electrons. The van der Waals surface area contributed by atoms with Crippen molar-refractivity contribution in [3.05, 3.63) is 35.8 Å². The third kappa shape index (κ3) is 3.01. The van der Waals surface area contributed by atoms with E-state index in [2.05, 4.69) is 21.9 Å². The fourth-order valence-corrected chi connectivity index (χ4v) is 1.84. The molecule has 20 heavy (non-hydrogen) atoms. The standard InChI is InChI=1S/C14H18N4O2/c1-4-5-10-6-12(17-13(16-10)9(2)3)18-7-11(14(19)20)15-8-18/h6-9H,4-5H2,1-3H3,(H,19,20). The van der Waals surface area contributed by atoms with E-state index in [1.54, 1.807) is 4.57 Å². The Morgan fingerprint density at radius 2 is 2.15 bits per heavy atom. The number of hydrogen-bond acceptors (Lipinski definition) is 4. The van der Waals surface area contributed by atoms with Crippen molar-refractivity contribution >= 4 is 5.97 Å². The average molecular weight is 274 g/mol. The molecule has 0 fully saturated rings. The van der Waals surface area contributed by atoms with Gasteiger partial charge in [0, 0.05) is 23.9 Å². The molecule has 0 bridgehead atoms. The Kier molecular flexibility index (Phi) is 4.12. The molecule has 0 atom stereocenters. The lowest BCUT2D eigenvalue weighted by molar-refractivity contribution is 0.0691. The highest BCUT2D eigenvalue weighted by Gasteiger charge is 2.12. The molecule has 0 saturated heterocycles. The van der Waals surface area contributed by atoms with Crippen LogP contribution in [-0.4, -0.2) is 30.6 Å². The van der Waals surface area contributed by atoms with Gasteiger partial charge in [0.25, 0.3) is 0 Å². The fourth-order valence-electron chi connectivity index (χ4n) is 1.84. The second kappa shape index (κ2) is 5.81. The summed E-state index contributed by atoms with van der Waals surface area (Å²) < 4.78 is 1.62. The number of rotatable bonds is 5. The molecule has 0 aromatic carbocycles. The maximum atomic E-state index is 10.9. The third-order valence-corrected chi connectivity index (χ3v) is 2.87. The van der Waals surface area contributed by atoms with Crippen LogP contribution in [0.1, 0.15) is 55.1 Å². The summed E-state index contributed by atoms with van der Waals surface area (Å²) in [6, 6.07) is 1.88. The minimum Gasteiger partial charge on any atom is -0.476 e. The predicted octanol–water partition coefficient (Wildman–Crippen LogP) is 2.44.